The number of aromatic nitrogens is 1. The van der Waals surface area contributed by atoms with Crippen LogP contribution >= 0.6 is 11.3 Å². The van der Waals surface area contributed by atoms with E-state index in [9.17, 15) is 9.18 Å². The molecule has 0 atom stereocenters. The minimum atomic E-state index is -0.282. The van der Waals surface area contributed by atoms with E-state index < -0.39 is 0 Å². The molecule has 1 aromatic heterocycles. The van der Waals surface area contributed by atoms with Crippen LogP contribution in [-0.4, -0.2) is 29.9 Å². The minimum absolute atomic E-state index is 0.0854. The van der Waals surface area contributed by atoms with Crippen molar-refractivity contribution in [2.24, 2.45) is 0 Å². The van der Waals surface area contributed by atoms with Gasteiger partial charge in [-0.1, -0.05) is 12.1 Å². The van der Waals surface area contributed by atoms with Gasteiger partial charge in [-0.05, 0) is 49.0 Å². The third-order valence-electron chi connectivity index (χ3n) is 4.10. The van der Waals surface area contributed by atoms with Gasteiger partial charge in [-0.15, -0.1) is 11.3 Å². The first-order valence-corrected chi connectivity index (χ1v) is 9.72. The Morgan fingerprint density at radius 3 is 2.54 bits per heavy atom. The Morgan fingerprint density at radius 1 is 1.14 bits per heavy atom. The zero-order chi connectivity index (χ0) is 19.9. The summed E-state index contributed by atoms with van der Waals surface area (Å²) < 4.78 is 18.5. The highest BCUT2D eigenvalue weighted by Gasteiger charge is 2.08. The predicted molar refractivity (Wildman–Crippen MR) is 108 cm³/mol. The van der Waals surface area contributed by atoms with Crippen molar-refractivity contribution in [3.63, 3.8) is 0 Å². The van der Waals surface area contributed by atoms with E-state index in [0.717, 1.165) is 22.8 Å². The van der Waals surface area contributed by atoms with Crippen LogP contribution in [0.1, 0.15) is 26.6 Å². The standard InChI is InChI=1S/C21H22FN3O2S/c1-23-21(26)16-5-3-15(4-6-16)11-25(2)12-18-14-28-20(24-18)13-27-19-9-7-17(22)8-10-19/h3-10,14H,11-13H2,1-2H3,(H,23,26). The van der Waals surface area contributed by atoms with Gasteiger partial charge in [0.25, 0.3) is 5.91 Å². The fourth-order valence-corrected chi connectivity index (χ4v) is 3.41. The quantitative estimate of drug-likeness (QED) is 0.625. The lowest BCUT2D eigenvalue weighted by atomic mass is 10.1. The molecule has 1 amide bonds. The normalized spacial score (nSPS) is 10.9. The summed E-state index contributed by atoms with van der Waals surface area (Å²) >= 11 is 1.55. The van der Waals surface area contributed by atoms with Crippen LogP contribution in [0.2, 0.25) is 0 Å². The maximum Gasteiger partial charge on any atom is 0.251 e. The summed E-state index contributed by atoms with van der Waals surface area (Å²) in [5.41, 5.74) is 2.76. The molecule has 7 heteroatoms. The summed E-state index contributed by atoms with van der Waals surface area (Å²) in [5.74, 6) is 0.253. The number of nitrogens with zero attached hydrogens (tertiary/aromatic N) is 2. The molecule has 0 saturated carbocycles. The fraction of sp³-hybridized carbons (Fsp3) is 0.238. The van der Waals surface area contributed by atoms with Gasteiger partial charge in [0.15, 0.2) is 0 Å². The van der Waals surface area contributed by atoms with Crippen molar-refractivity contribution < 1.29 is 13.9 Å². The Balaban J connectivity index is 1.50. The summed E-state index contributed by atoms with van der Waals surface area (Å²) in [6.07, 6.45) is 0. The Bertz CT molecular complexity index is 910. The third kappa shape index (κ3) is 5.61. The van der Waals surface area contributed by atoms with E-state index in [2.05, 4.69) is 15.2 Å². The molecular weight excluding hydrogens is 377 g/mol. The summed E-state index contributed by atoms with van der Waals surface area (Å²) in [7, 11) is 3.65. The highest BCUT2D eigenvalue weighted by Crippen LogP contribution is 2.17. The average Bonchev–Trinajstić information content (AvgIpc) is 3.14. The van der Waals surface area contributed by atoms with Crippen molar-refractivity contribution in [1.82, 2.24) is 15.2 Å². The molecule has 2 aromatic carbocycles. The van der Waals surface area contributed by atoms with Crippen LogP contribution in [0.5, 0.6) is 5.75 Å². The Labute approximate surface area is 167 Å². The molecule has 0 fully saturated rings. The second-order valence-corrected chi connectivity index (χ2v) is 7.37. The van der Waals surface area contributed by atoms with Crippen molar-refractivity contribution in [1.29, 1.82) is 0 Å². The number of benzene rings is 2. The third-order valence-corrected chi connectivity index (χ3v) is 4.97. The van der Waals surface area contributed by atoms with Crippen LogP contribution < -0.4 is 10.1 Å². The molecule has 0 aliphatic rings. The molecule has 3 aromatic rings. The van der Waals surface area contributed by atoms with E-state index in [-0.39, 0.29) is 11.7 Å². The van der Waals surface area contributed by atoms with Gasteiger partial charge in [-0.2, -0.15) is 0 Å². The van der Waals surface area contributed by atoms with Crippen molar-refractivity contribution in [2.75, 3.05) is 14.1 Å². The topological polar surface area (TPSA) is 54.5 Å². The van der Waals surface area contributed by atoms with E-state index in [1.165, 1.54) is 12.1 Å². The molecule has 0 unspecified atom stereocenters. The number of ether oxygens (including phenoxy) is 1. The first kappa shape index (κ1) is 20.0. The van der Waals surface area contributed by atoms with Gasteiger partial charge >= 0.3 is 0 Å². The largest absolute Gasteiger partial charge is 0.486 e. The lowest BCUT2D eigenvalue weighted by Crippen LogP contribution is -2.19. The number of thiazole rings is 1. The van der Waals surface area contributed by atoms with Gasteiger partial charge in [-0.25, -0.2) is 9.37 Å². The van der Waals surface area contributed by atoms with Crippen molar-refractivity contribution in [2.45, 2.75) is 19.7 Å². The van der Waals surface area contributed by atoms with E-state index in [1.807, 2.05) is 36.7 Å². The van der Waals surface area contributed by atoms with Gasteiger partial charge < -0.3 is 10.1 Å². The highest BCUT2D eigenvalue weighted by molar-refractivity contribution is 7.09. The summed E-state index contributed by atoms with van der Waals surface area (Å²) in [6.45, 7) is 1.83. The van der Waals surface area contributed by atoms with Gasteiger partial charge in [0.2, 0.25) is 0 Å². The number of hydrogen-bond acceptors (Lipinski definition) is 5. The lowest BCUT2D eigenvalue weighted by molar-refractivity contribution is 0.0963. The average molecular weight is 399 g/mol. The Hall–Kier alpha value is -2.77. The molecule has 3 rings (SSSR count). The number of carbonyl (C=O) groups is 1. The minimum Gasteiger partial charge on any atom is -0.486 e. The van der Waals surface area contributed by atoms with Crippen LogP contribution in [0.3, 0.4) is 0 Å². The van der Waals surface area contributed by atoms with E-state index >= 15 is 0 Å². The SMILES string of the molecule is CNC(=O)c1ccc(CN(C)Cc2csc(COc3ccc(F)cc3)n2)cc1. The number of rotatable bonds is 8. The fourth-order valence-electron chi connectivity index (χ4n) is 2.71. The van der Waals surface area contributed by atoms with Crippen LogP contribution in [0.15, 0.2) is 53.9 Å². The zero-order valence-corrected chi connectivity index (χ0v) is 16.6. The molecule has 146 valence electrons. The van der Waals surface area contributed by atoms with Gasteiger partial charge in [0.1, 0.15) is 23.2 Å². The molecule has 0 saturated heterocycles. The summed E-state index contributed by atoms with van der Waals surface area (Å²) in [4.78, 5) is 18.4. The predicted octanol–water partition coefficient (Wildman–Crippen LogP) is 3.85. The molecule has 1 heterocycles. The number of amides is 1. The van der Waals surface area contributed by atoms with Crippen LogP contribution in [-0.2, 0) is 19.7 Å². The molecule has 0 aliphatic heterocycles. The molecule has 0 bridgehead atoms. The zero-order valence-electron chi connectivity index (χ0n) is 15.8. The van der Waals surface area contributed by atoms with E-state index in [1.54, 1.807) is 30.5 Å². The van der Waals surface area contributed by atoms with Crippen LogP contribution in [0, 0.1) is 5.82 Å². The van der Waals surface area contributed by atoms with E-state index in [4.69, 9.17) is 4.74 Å². The van der Waals surface area contributed by atoms with Crippen molar-refractivity contribution in [3.05, 3.63) is 81.6 Å². The highest BCUT2D eigenvalue weighted by atomic mass is 32.1. The first-order valence-electron chi connectivity index (χ1n) is 8.84. The summed E-state index contributed by atoms with van der Waals surface area (Å²) in [6, 6.07) is 13.5. The number of carbonyl (C=O) groups excluding carboxylic acids is 1. The maximum atomic E-state index is 12.9. The second-order valence-electron chi connectivity index (χ2n) is 6.42. The van der Waals surface area contributed by atoms with Crippen molar-refractivity contribution in [3.8, 4) is 5.75 Å². The monoisotopic (exact) mass is 399 g/mol. The van der Waals surface area contributed by atoms with Crippen molar-refractivity contribution >= 4 is 17.2 Å². The molecule has 5 nitrogen and oxygen atoms in total. The summed E-state index contributed by atoms with van der Waals surface area (Å²) in [5, 5.41) is 5.52. The van der Waals surface area contributed by atoms with Crippen LogP contribution in [0.4, 0.5) is 4.39 Å². The number of nitrogens with one attached hydrogen (secondary N) is 1. The molecule has 0 spiro atoms. The second kappa shape index (κ2) is 9.43. The van der Waals surface area contributed by atoms with Gasteiger partial charge in [-0.3, -0.25) is 9.69 Å². The first-order chi connectivity index (χ1) is 13.5. The molecule has 28 heavy (non-hydrogen) atoms. The molecule has 0 aliphatic carbocycles. The smallest absolute Gasteiger partial charge is 0.251 e. The number of hydrogen-bond donors (Lipinski definition) is 1. The Morgan fingerprint density at radius 2 is 1.86 bits per heavy atom. The van der Waals surface area contributed by atoms with Gasteiger partial charge in [0.05, 0.1) is 5.69 Å². The number of halogens is 1. The van der Waals surface area contributed by atoms with E-state index in [0.29, 0.717) is 24.5 Å². The molecule has 1 N–H and O–H groups in total. The lowest BCUT2D eigenvalue weighted by Gasteiger charge is -2.15. The molecule has 0 radical (unpaired) electrons. The van der Waals surface area contributed by atoms with Crippen LogP contribution in [0.25, 0.3) is 0 Å². The maximum absolute atomic E-state index is 12.9. The van der Waals surface area contributed by atoms with Gasteiger partial charge in [0, 0.05) is 31.1 Å². The molecular formula is C21H22FN3O2S. The Kier molecular flexibility index (Phi) is 6.73.